The largest absolute Gasteiger partial charge is 0.438 e. The first kappa shape index (κ1) is 14.8. The van der Waals surface area contributed by atoms with Crippen LogP contribution in [-0.4, -0.2) is 43.9 Å². The summed E-state index contributed by atoms with van der Waals surface area (Å²) >= 11 is 5.76. The third-order valence-electron chi connectivity index (χ3n) is 2.87. The van der Waals surface area contributed by atoms with E-state index in [2.05, 4.69) is 10.2 Å². The van der Waals surface area contributed by atoms with Crippen molar-refractivity contribution in [3.63, 3.8) is 0 Å². The van der Waals surface area contributed by atoms with E-state index in [1.165, 1.54) is 0 Å². The molecule has 1 amide bonds. The average molecular weight is 311 g/mol. The van der Waals surface area contributed by atoms with E-state index in [0.717, 1.165) is 17.1 Å². The highest BCUT2D eigenvalue weighted by Gasteiger charge is 2.62. The lowest BCUT2D eigenvalue weighted by atomic mass is 10.1. The van der Waals surface area contributed by atoms with E-state index >= 15 is 0 Å². The molecule has 10 heteroatoms. The van der Waals surface area contributed by atoms with Gasteiger partial charge >= 0.3 is 6.18 Å². The van der Waals surface area contributed by atoms with Gasteiger partial charge in [-0.1, -0.05) is 11.6 Å². The first-order valence-corrected chi connectivity index (χ1v) is 5.97. The lowest BCUT2D eigenvalue weighted by Crippen LogP contribution is -2.56. The molecule has 1 aromatic heterocycles. The summed E-state index contributed by atoms with van der Waals surface area (Å²) in [6.45, 7) is 1.87. The number of nitrogens with zero attached hydrogens (tertiary/aromatic N) is 4. The highest BCUT2D eigenvalue weighted by molar-refractivity contribution is 6.33. The second-order valence-electron chi connectivity index (χ2n) is 4.09. The topological polar surface area (TPSA) is 70.7 Å². The number of rotatable bonds is 2. The summed E-state index contributed by atoms with van der Waals surface area (Å²) < 4.78 is 39.8. The first-order valence-electron chi connectivity index (χ1n) is 5.59. The van der Waals surface area contributed by atoms with Gasteiger partial charge in [0.2, 0.25) is 0 Å². The van der Waals surface area contributed by atoms with Crippen molar-refractivity contribution in [2.24, 2.45) is 5.10 Å². The monoisotopic (exact) mass is 310 g/mol. The molecule has 1 aromatic rings. The fourth-order valence-corrected chi connectivity index (χ4v) is 2.03. The summed E-state index contributed by atoms with van der Waals surface area (Å²) in [6.07, 6.45) is -3.90. The standard InChI is InChI=1S/C10H10ClF3N4O2/c1-2-17-7(6(11)5-16-17)8(19)18-9(20,3-4-15-18)10(12,13)14/h4-5,20H,2-3H2,1H3/t9-/m0/s1. The molecule has 0 saturated heterocycles. The van der Waals surface area contributed by atoms with Crippen LogP contribution in [0, 0.1) is 0 Å². The van der Waals surface area contributed by atoms with E-state index in [-0.39, 0.29) is 22.3 Å². The molecule has 0 radical (unpaired) electrons. The third kappa shape index (κ3) is 2.06. The molecule has 0 aromatic carbocycles. The molecule has 2 heterocycles. The molecule has 20 heavy (non-hydrogen) atoms. The normalized spacial score (nSPS) is 22.6. The van der Waals surface area contributed by atoms with Gasteiger partial charge in [-0.05, 0) is 6.92 Å². The van der Waals surface area contributed by atoms with Crippen molar-refractivity contribution >= 4 is 23.7 Å². The molecule has 0 spiro atoms. The lowest BCUT2D eigenvalue weighted by Gasteiger charge is -2.32. The zero-order valence-corrected chi connectivity index (χ0v) is 11.0. The van der Waals surface area contributed by atoms with Crippen LogP contribution in [0.4, 0.5) is 13.2 Å². The first-order chi connectivity index (χ1) is 9.22. The van der Waals surface area contributed by atoms with Crippen LogP contribution in [-0.2, 0) is 6.54 Å². The van der Waals surface area contributed by atoms with Crippen LogP contribution in [0.2, 0.25) is 5.02 Å². The molecular formula is C10H10ClF3N4O2. The minimum absolute atomic E-state index is 0.0119. The highest BCUT2D eigenvalue weighted by atomic mass is 35.5. The number of alkyl halides is 3. The van der Waals surface area contributed by atoms with Crippen molar-refractivity contribution in [1.82, 2.24) is 14.8 Å². The van der Waals surface area contributed by atoms with Crippen molar-refractivity contribution in [1.29, 1.82) is 0 Å². The quantitative estimate of drug-likeness (QED) is 0.902. The van der Waals surface area contributed by atoms with Gasteiger partial charge in [-0.3, -0.25) is 9.48 Å². The Labute approximate surface area is 116 Å². The Kier molecular flexibility index (Phi) is 3.51. The number of hydrazone groups is 1. The molecule has 0 aliphatic carbocycles. The molecular weight excluding hydrogens is 301 g/mol. The number of aromatic nitrogens is 2. The lowest BCUT2D eigenvalue weighted by molar-refractivity contribution is -0.297. The van der Waals surface area contributed by atoms with Crippen LogP contribution < -0.4 is 0 Å². The minimum atomic E-state index is -5.04. The van der Waals surface area contributed by atoms with Gasteiger partial charge in [-0.2, -0.15) is 28.4 Å². The predicted octanol–water partition coefficient (Wildman–Crippen LogP) is 1.64. The molecule has 0 fully saturated rings. The van der Waals surface area contributed by atoms with Crippen LogP contribution in [0.5, 0.6) is 0 Å². The maximum Gasteiger partial charge on any atom is 0.438 e. The van der Waals surface area contributed by atoms with E-state index in [9.17, 15) is 23.1 Å². The maximum atomic E-state index is 12.9. The Bertz CT molecular complexity index is 571. The third-order valence-corrected chi connectivity index (χ3v) is 3.14. The van der Waals surface area contributed by atoms with Crippen LogP contribution in [0.25, 0.3) is 0 Å². The summed E-state index contributed by atoms with van der Waals surface area (Å²) in [5.41, 5.74) is -3.62. The molecule has 0 unspecified atom stereocenters. The molecule has 2 rings (SSSR count). The summed E-state index contributed by atoms with van der Waals surface area (Å²) in [4.78, 5) is 12.2. The van der Waals surface area contributed by atoms with E-state index in [1.807, 2.05) is 0 Å². The van der Waals surface area contributed by atoms with Gasteiger partial charge < -0.3 is 5.11 Å². The number of hydrogen-bond donors (Lipinski definition) is 1. The summed E-state index contributed by atoms with van der Waals surface area (Å²) in [7, 11) is 0. The second kappa shape index (κ2) is 4.74. The summed E-state index contributed by atoms with van der Waals surface area (Å²) in [5.74, 6) is -1.16. The molecule has 1 N–H and O–H groups in total. The Balaban J connectivity index is 2.43. The van der Waals surface area contributed by atoms with Crippen LogP contribution in [0.15, 0.2) is 11.3 Å². The molecule has 6 nitrogen and oxygen atoms in total. The van der Waals surface area contributed by atoms with E-state index in [1.54, 1.807) is 6.92 Å². The number of carbonyl (C=O) groups excluding carboxylic acids is 1. The van der Waals surface area contributed by atoms with Gasteiger partial charge in [0.25, 0.3) is 11.6 Å². The number of aryl methyl sites for hydroxylation is 1. The van der Waals surface area contributed by atoms with Gasteiger partial charge in [0.15, 0.2) is 0 Å². The molecule has 1 atom stereocenters. The maximum absolute atomic E-state index is 12.9. The minimum Gasteiger partial charge on any atom is -0.362 e. The fourth-order valence-electron chi connectivity index (χ4n) is 1.80. The van der Waals surface area contributed by atoms with Crippen molar-refractivity contribution in [3.05, 3.63) is 16.9 Å². The van der Waals surface area contributed by atoms with Crippen molar-refractivity contribution in [3.8, 4) is 0 Å². The fraction of sp³-hybridized carbons (Fsp3) is 0.500. The van der Waals surface area contributed by atoms with Crippen molar-refractivity contribution < 1.29 is 23.1 Å². The predicted molar refractivity (Wildman–Crippen MR) is 63.2 cm³/mol. The van der Waals surface area contributed by atoms with Crippen molar-refractivity contribution in [2.45, 2.75) is 31.8 Å². The van der Waals surface area contributed by atoms with Crippen LogP contribution in [0.3, 0.4) is 0 Å². The van der Waals surface area contributed by atoms with Crippen molar-refractivity contribution in [2.75, 3.05) is 0 Å². The number of halogens is 4. The molecule has 110 valence electrons. The molecule has 1 aliphatic heterocycles. The number of amides is 1. The van der Waals surface area contributed by atoms with E-state index in [4.69, 9.17) is 11.6 Å². The van der Waals surface area contributed by atoms with Gasteiger partial charge in [0.05, 0.1) is 11.2 Å². The summed E-state index contributed by atoms with van der Waals surface area (Å²) in [6, 6.07) is 0. The van der Waals surface area contributed by atoms with Gasteiger partial charge in [0.1, 0.15) is 5.69 Å². The van der Waals surface area contributed by atoms with Crippen LogP contribution in [0.1, 0.15) is 23.8 Å². The summed E-state index contributed by atoms with van der Waals surface area (Å²) in [5, 5.41) is 16.6. The number of hydrogen-bond acceptors (Lipinski definition) is 4. The smallest absolute Gasteiger partial charge is 0.362 e. The highest BCUT2D eigenvalue weighted by Crippen LogP contribution is 2.39. The van der Waals surface area contributed by atoms with Gasteiger partial charge in [0, 0.05) is 19.2 Å². The zero-order valence-electron chi connectivity index (χ0n) is 10.2. The van der Waals surface area contributed by atoms with Gasteiger partial charge in [-0.15, -0.1) is 0 Å². The Morgan fingerprint density at radius 3 is 2.80 bits per heavy atom. The zero-order chi connectivity index (χ0) is 15.1. The van der Waals surface area contributed by atoms with Gasteiger partial charge in [-0.25, -0.2) is 0 Å². The second-order valence-corrected chi connectivity index (χ2v) is 4.50. The number of aliphatic hydroxyl groups is 1. The average Bonchev–Trinajstić information content (AvgIpc) is 2.92. The Morgan fingerprint density at radius 1 is 1.60 bits per heavy atom. The SMILES string of the molecule is CCn1ncc(Cl)c1C(=O)N1N=CC[C@]1(O)C(F)(F)F. The number of carbonyl (C=O) groups is 1. The van der Waals surface area contributed by atoms with Crippen LogP contribution >= 0.6 is 11.6 Å². The molecule has 0 saturated carbocycles. The molecule has 1 aliphatic rings. The molecule has 0 bridgehead atoms. The Hall–Kier alpha value is -1.61. The Morgan fingerprint density at radius 2 is 2.25 bits per heavy atom. The van der Waals surface area contributed by atoms with E-state index < -0.39 is 24.2 Å². The van der Waals surface area contributed by atoms with E-state index in [0.29, 0.717) is 0 Å².